The lowest BCUT2D eigenvalue weighted by Crippen LogP contribution is -2.49. The average molecular weight is 680 g/mol. The summed E-state index contributed by atoms with van der Waals surface area (Å²) in [5.74, 6) is -3.68. The lowest BCUT2D eigenvalue weighted by molar-refractivity contribution is -0.139. The third-order valence-electron chi connectivity index (χ3n) is 5.89. The molecule has 0 spiro atoms. The van der Waals surface area contributed by atoms with Crippen LogP contribution in [-0.2, 0) is 27.9 Å². The van der Waals surface area contributed by atoms with Crippen LogP contribution in [0.5, 0.6) is 23.0 Å². The summed E-state index contributed by atoms with van der Waals surface area (Å²) in [4.78, 5) is 28.1. The molecule has 0 fully saturated rings. The van der Waals surface area contributed by atoms with Gasteiger partial charge in [-0.3, -0.25) is 4.79 Å². The number of amides is 2. The zero-order chi connectivity index (χ0) is 33.5. The third-order valence-corrected chi connectivity index (χ3v) is 9.02. The Hall–Kier alpha value is -5.18. The Morgan fingerprint density at radius 2 is 1.02 bits per heavy atom. The van der Waals surface area contributed by atoms with E-state index in [-0.39, 0.29) is 23.0 Å². The molecule has 2 amide bonds. The van der Waals surface area contributed by atoms with Gasteiger partial charge in [0.05, 0.1) is 0 Å². The van der Waals surface area contributed by atoms with Crippen LogP contribution in [0.25, 0.3) is 0 Å². The van der Waals surface area contributed by atoms with Gasteiger partial charge in [-0.15, -0.1) is 0 Å². The predicted octanol–water partition coefficient (Wildman–Crippen LogP) is 8.54. The van der Waals surface area contributed by atoms with Gasteiger partial charge >= 0.3 is 21.5 Å². The molecule has 1 aliphatic heterocycles. The molecule has 1 heterocycles. The van der Waals surface area contributed by atoms with E-state index in [0.717, 1.165) is 6.26 Å². The quantitative estimate of drug-likeness (QED) is 0.141. The lowest BCUT2D eigenvalue weighted by atomic mass is 10.2. The van der Waals surface area contributed by atoms with Gasteiger partial charge in [0.25, 0.3) is 17.6 Å². The molecule has 14 heteroatoms. The number of carbonyl (C=O) groups is 2. The highest BCUT2D eigenvalue weighted by atomic mass is 31.2. The van der Waals surface area contributed by atoms with E-state index in [1.54, 1.807) is 93.6 Å². The van der Waals surface area contributed by atoms with Gasteiger partial charge in [-0.05, 0) is 69.3 Å². The number of hydrogen-bond acceptors (Lipinski definition) is 11. The molecule has 0 N–H and O–H groups in total. The van der Waals surface area contributed by atoms with Crippen molar-refractivity contribution >= 4 is 27.4 Å². The number of benzene rings is 4. The summed E-state index contributed by atoms with van der Waals surface area (Å²) in [6, 6.07) is 31.9. The minimum absolute atomic E-state index is 0.0918. The predicted molar refractivity (Wildman–Crippen MR) is 171 cm³/mol. The molecule has 5 rings (SSSR count). The van der Waals surface area contributed by atoms with E-state index in [2.05, 4.69) is 0 Å². The van der Waals surface area contributed by atoms with E-state index >= 15 is 0 Å². The SMILES string of the molecule is CC(C)(C)OC(=O)N1C(=O)C(P(=O)(Oc2ccccc2)Oc2ccccc2)OC=C1OP(=O)(Oc1ccccc1)Oc1ccccc1. The van der Waals surface area contributed by atoms with Gasteiger partial charge in [0.2, 0.25) is 0 Å². The number of phosphoric ester groups is 1. The van der Waals surface area contributed by atoms with E-state index < -0.39 is 44.7 Å². The summed E-state index contributed by atoms with van der Waals surface area (Å²) in [7, 11) is -9.40. The number of imide groups is 1. The molecule has 0 radical (unpaired) electrons. The highest BCUT2D eigenvalue weighted by Gasteiger charge is 2.55. The molecule has 0 saturated carbocycles. The second-order valence-corrected chi connectivity index (χ2v) is 14.2. The van der Waals surface area contributed by atoms with Crippen LogP contribution in [0.2, 0.25) is 0 Å². The van der Waals surface area contributed by atoms with Crippen molar-refractivity contribution < 1.29 is 50.8 Å². The van der Waals surface area contributed by atoms with Gasteiger partial charge in [-0.1, -0.05) is 72.8 Å². The summed E-state index contributed by atoms with van der Waals surface area (Å²) in [6.45, 7) is 4.71. The van der Waals surface area contributed by atoms with Crippen molar-refractivity contribution in [3.8, 4) is 23.0 Å². The van der Waals surface area contributed by atoms with Gasteiger partial charge in [-0.2, -0.15) is 9.46 Å². The van der Waals surface area contributed by atoms with E-state index in [4.69, 9.17) is 32.1 Å². The molecule has 47 heavy (non-hydrogen) atoms. The molecule has 0 saturated heterocycles. The minimum Gasteiger partial charge on any atom is -0.468 e. The van der Waals surface area contributed by atoms with Crippen molar-refractivity contribution in [2.45, 2.75) is 32.2 Å². The number of rotatable bonds is 11. The van der Waals surface area contributed by atoms with Crippen LogP contribution in [0.1, 0.15) is 20.8 Å². The van der Waals surface area contributed by atoms with Crippen LogP contribution in [0.3, 0.4) is 0 Å². The van der Waals surface area contributed by atoms with Crippen molar-refractivity contribution in [1.29, 1.82) is 0 Å². The zero-order valence-electron chi connectivity index (χ0n) is 25.5. The van der Waals surface area contributed by atoms with Crippen molar-refractivity contribution in [3.63, 3.8) is 0 Å². The van der Waals surface area contributed by atoms with Crippen molar-refractivity contribution in [3.05, 3.63) is 133 Å². The summed E-state index contributed by atoms with van der Waals surface area (Å²) in [5, 5.41) is 0. The van der Waals surface area contributed by atoms with E-state index in [9.17, 15) is 18.7 Å². The Balaban J connectivity index is 1.55. The van der Waals surface area contributed by atoms with E-state index in [1.165, 1.54) is 48.5 Å². The first-order valence-corrected chi connectivity index (χ1v) is 17.3. The van der Waals surface area contributed by atoms with Crippen molar-refractivity contribution in [1.82, 2.24) is 4.90 Å². The number of hydrogen-bond donors (Lipinski definition) is 0. The average Bonchev–Trinajstić information content (AvgIpc) is 3.02. The monoisotopic (exact) mass is 679 g/mol. The van der Waals surface area contributed by atoms with Gasteiger partial charge in [-0.25, -0.2) is 9.36 Å². The Morgan fingerprint density at radius 1 is 0.638 bits per heavy atom. The van der Waals surface area contributed by atoms with Crippen molar-refractivity contribution in [2.24, 2.45) is 0 Å². The molecule has 1 unspecified atom stereocenters. The molecular formula is C33H31NO11P2. The number of carbonyl (C=O) groups excluding carboxylic acids is 2. The zero-order valence-corrected chi connectivity index (χ0v) is 27.3. The van der Waals surface area contributed by atoms with Gasteiger partial charge in [0.15, 0.2) is 0 Å². The summed E-state index contributed by atoms with van der Waals surface area (Å²) < 4.78 is 68.3. The highest BCUT2D eigenvalue weighted by Crippen LogP contribution is 2.57. The number of nitrogens with zero attached hydrogens (tertiary/aromatic N) is 1. The van der Waals surface area contributed by atoms with Crippen LogP contribution >= 0.6 is 15.4 Å². The third kappa shape index (κ3) is 8.76. The molecule has 4 aromatic carbocycles. The summed E-state index contributed by atoms with van der Waals surface area (Å²) in [6.07, 6.45) is -0.500. The largest absolute Gasteiger partial charge is 0.648 e. The minimum atomic E-state index is -4.74. The maximum atomic E-state index is 14.5. The van der Waals surface area contributed by atoms with Crippen LogP contribution in [0.4, 0.5) is 4.79 Å². The fourth-order valence-corrected chi connectivity index (χ4v) is 6.86. The standard InChI is InChI=1S/C33H31NO11P2/c1-33(2,3)40-32(36)34-29(45-47(38,43-27-20-12-6-13-21-27)44-28-22-14-7-15-23-28)24-39-31(30(34)35)46(37,41-25-16-8-4-9-17-25)42-26-18-10-5-11-19-26/h4-24,31H,1-3H3. The number of phosphoric acid groups is 1. The fraction of sp³-hybridized carbons (Fsp3) is 0.152. The Kier molecular flexibility index (Phi) is 9.94. The topological polar surface area (TPSA) is 136 Å². The van der Waals surface area contributed by atoms with Gasteiger partial charge in [0, 0.05) is 0 Å². The number of para-hydroxylation sites is 4. The second kappa shape index (κ2) is 14.1. The lowest BCUT2D eigenvalue weighted by Gasteiger charge is -2.34. The van der Waals surface area contributed by atoms with Gasteiger partial charge < -0.3 is 32.1 Å². The normalized spacial score (nSPS) is 15.0. The first-order valence-electron chi connectivity index (χ1n) is 14.2. The van der Waals surface area contributed by atoms with Crippen LogP contribution < -0.4 is 18.1 Å². The maximum Gasteiger partial charge on any atom is 0.648 e. The summed E-state index contributed by atoms with van der Waals surface area (Å²) in [5.41, 5.74) is -1.11. The molecule has 1 aliphatic rings. The summed E-state index contributed by atoms with van der Waals surface area (Å²) >= 11 is 0. The first-order chi connectivity index (χ1) is 22.4. The van der Waals surface area contributed by atoms with E-state index in [1.807, 2.05) is 0 Å². The molecule has 12 nitrogen and oxygen atoms in total. The molecule has 0 aliphatic carbocycles. The van der Waals surface area contributed by atoms with E-state index in [0.29, 0.717) is 4.90 Å². The van der Waals surface area contributed by atoms with Crippen LogP contribution in [0.15, 0.2) is 133 Å². The maximum absolute atomic E-state index is 14.5. The molecule has 1 atom stereocenters. The Labute approximate surface area is 271 Å². The number of ether oxygens (including phenoxy) is 2. The Morgan fingerprint density at radius 3 is 1.40 bits per heavy atom. The molecule has 244 valence electrons. The molecular weight excluding hydrogens is 648 g/mol. The molecule has 0 aromatic heterocycles. The fourth-order valence-electron chi connectivity index (χ4n) is 3.97. The van der Waals surface area contributed by atoms with Crippen LogP contribution in [0, 0.1) is 0 Å². The first kappa shape index (κ1) is 33.2. The second-order valence-electron chi connectivity index (χ2n) is 10.8. The Bertz CT molecular complexity index is 1710. The van der Waals surface area contributed by atoms with Crippen LogP contribution in [-0.4, -0.2) is 28.3 Å². The molecule has 4 aromatic rings. The highest BCUT2D eigenvalue weighted by molar-refractivity contribution is 7.56. The van der Waals surface area contributed by atoms with Crippen molar-refractivity contribution in [2.75, 3.05) is 0 Å². The van der Waals surface area contributed by atoms with Gasteiger partial charge in [0.1, 0.15) is 34.9 Å². The smallest absolute Gasteiger partial charge is 0.468 e. The molecule has 0 bridgehead atoms.